The number of carbonyl (C=O) groups excluding carboxylic acids is 2. The van der Waals surface area contributed by atoms with Crippen LogP contribution in [-0.4, -0.2) is 67.0 Å². The van der Waals surface area contributed by atoms with Crippen molar-refractivity contribution in [1.82, 2.24) is 15.0 Å². The molecule has 0 atom stereocenters. The Morgan fingerprint density at radius 2 is 1.77 bits per heavy atom. The van der Waals surface area contributed by atoms with Crippen LogP contribution in [-0.2, 0) is 11.2 Å². The molecule has 13 heteroatoms. The fraction of sp³-hybridized carbons (Fsp3) is 0.250. The van der Waals surface area contributed by atoms with Crippen molar-refractivity contribution in [3.63, 3.8) is 0 Å². The number of nitrogens with one attached hydrogen (secondary N) is 2. The zero-order valence-electron chi connectivity index (χ0n) is 28.8. The Morgan fingerprint density at radius 1 is 1.00 bits per heavy atom. The van der Waals surface area contributed by atoms with Gasteiger partial charge in [0.2, 0.25) is 0 Å². The summed E-state index contributed by atoms with van der Waals surface area (Å²) in [6.07, 6.45) is 5.46. The largest absolute Gasteiger partial charge is 0.381 e. The van der Waals surface area contributed by atoms with Crippen molar-refractivity contribution < 1.29 is 27.5 Å². The highest BCUT2D eigenvalue weighted by Crippen LogP contribution is 2.44. The fourth-order valence-corrected chi connectivity index (χ4v) is 8.39. The van der Waals surface area contributed by atoms with Gasteiger partial charge < -0.3 is 24.8 Å². The lowest BCUT2D eigenvalue weighted by Gasteiger charge is -2.53. The van der Waals surface area contributed by atoms with E-state index in [-0.39, 0.29) is 11.7 Å². The molecule has 0 saturated carbocycles. The van der Waals surface area contributed by atoms with Crippen molar-refractivity contribution >= 4 is 51.8 Å². The molecule has 0 bridgehead atoms. The normalized spacial score (nSPS) is 15.8. The summed E-state index contributed by atoms with van der Waals surface area (Å²) in [5, 5.41) is 2.88. The molecule has 1 amide bonds. The van der Waals surface area contributed by atoms with Crippen LogP contribution < -0.4 is 15.1 Å². The zero-order valence-corrected chi connectivity index (χ0v) is 29.6. The fourth-order valence-electron chi connectivity index (χ4n) is 7.21. The Bertz CT molecular complexity index is 2290. The molecule has 0 unspecified atom stereocenters. The third-order valence-corrected chi connectivity index (χ3v) is 11.4. The van der Waals surface area contributed by atoms with E-state index in [2.05, 4.69) is 36.1 Å². The SMILES string of the molecule is CN1CCc2cc(-c3nc4cc(F)c(F)cc4[nH]3)sc2-c2ccc(F)cc21.O=Cc1ccc(NC(=O)c2cccnc2N2CC3(CCOCC3)C2)cc1. The third kappa shape index (κ3) is 6.89. The molecule has 0 aliphatic carbocycles. The number of amides is 1. The topological polar surface area (TPSA) is 103 Å². The number of hydrogen-bond donors (Lipinski definition) is 2. The predicted octanol–water partition coefficient (Wildman–Crippen LogP) is 8.13. The number of aromatic amines is 1. The van der Waals surface area contributed by atoms with Crippen molar-refractivity contribution in [3.8, 4) is 21.1 Å². The third-order valence-electron chi connectivity index (χ3n) is 10.1. The van der Waals surface area contributed by atoms with Gasteiger partial charge in [-0.3, -0.25) is 9.59 Å². The number of halogens is 3. The number of rotatable bonds is 5. The van der Waals surface area contributed by atoms with E-state index in [1.54, 1.807) is 66.1 Å². The van der Waals surface area contributed by atoms with E-state index in [0.29, 0.717) is 39.1 Å². The highest BCUT2D eigenvalue weighted by Gasteiger charge is 2.45. The van der Waals surface area contributed by atoms with Gasteiger partial charge in [0.05, 0.1) is 21.5 Å². The summed E-state index contributed by atoms with van der Waals surface area (Å²) in [7, 11) is 1.96. The standard InChI is InChI=1S/C20H14F3N3S.C20H21N3O3/c1-26-5-4-10-6-18(27-19(10)12-3-2-11(21)7-17(12)26)20-24-15-8-13(22)14(23)9-16(15)25-20;24-12-15-3-5-16(6-4-15)22-19(25)17-2-1-9-21-18(17)23-13-20(14-23)7-10-26-11-8-20/h2-3,6-9H,4-5H2,1H3,(H,24,25);1-6,9,12H,7-8,10-11,13-14H2,(H,22,25). The molecule has 6 aromatic rings. The maximum Gasteiger partial charge on any atom is 0.259 e. The molecule has 53 heavy (non-hydrogen) atoms. The second-order valence-corrected chi connectivity index (χ2v) is 14.8. The molecule has 9 rings (SSSR count). The molecule has 270 valence electrons. The number of anilines is 3. The lowest BCUT2D eigenvalue weighted by molar-refractivity contribution is -0.000509. The lowest BCUT2D eigenvalue weighted by atomic mass is 9.73. The van der Waals surface area contributed by atoms with Crippen LogP contribution in [0.2, 0.25) is 0 Å². The number of imidazole rings is 1. The van der Waals surface area contributed by atoms with Crippen LogP contribution in [0.15, 0.2) is 79.0 Å². The monoisotopic (exact) mass is 736 g/mol. The van der Waals surface area contributed by atoms with Gasteiger partial charge in [0.15, 0.2) is 11.6 Å². The van der Waals surface area contributed by atoms with Crippen molar-refractivity contribution in [2.75, 3.05) is 55.0 Å². The number of likely N-dealkylation sites (N-methyl/N-ethyl adjacent to an activating group) is 1. The van der Waals surface area contributed by atoms with E-state index in [9.17, 15) is 22.8 Å². The second-order valence-electron chi connectivity index (χ2n) is 13.7. The van der Waals surface area contributed by atoms with E-state index in [1.165, 1.54) is 6.07 Å². The summed E-state index contributed by atoms with van der Waals surface area (Å²) < 4.78 is 46.1. The predicted molar refractivity (Wildman–Crippen MR) is 200 cm³/mol. The number of thiophene rings is 1. The number of aldehydes is 1. The molecule has 2 saturated heterocycles. The summed E-state index contributed by atoms with van der Waals surface area (Å²) in [5.74, 6) is -0.973. The minimum absolute atomic E-state index is 0.195. The molecular weight excluding hydrogens is 702 g/mol. The Labute approximate surface area is 307 Å². The number of fused-ring (bicyclic) bond motifs is 4. The summed E-state index contributed by atoms with van der Waals surface area (Å²) in [6.45, 7) is 4.25. The number of H-pyrrole nitrogens is 1. The zero-order chi connectivity index (χ0) is 36.7. The Morgan fingerprint density at radius 3 is 2.55 bits per heavy atom. The average Bonchev–Trinajstić information content (AvgIpc) is 3.75. The molecule has 3 aliphatic heterocycles. The number of pyridine rings is 1. The van der Waals surface area contributed by atoms with Gasteiger partial charge in [0.1, 0.15) is 23.7 Å². The van der Waals surface area contributed by atoms with E-state index in [4.69, 9.17) is 4.74 Å². The maximum absolute atomic E-state index is 13.7. The van der Waals surface area contributed by atoms with Crippen molar-refractivity contribution in [2.45, 2.75) is 19.3 Å². The van der Waals surface area contributed by atoms with E-state index in [1.807, 2.05) is 7.05 Å². The first kappa shape index (κ1) is 34.6. The first-order chi connectivity index (χ1) is 25.7. The van der Waals surface area contributed by atoms with Gasteiger partial charge in [-0.05, 0) is 85.5 Å². The Kier molecular flexibility index (Phi) is 9.21. The summed E-state index contributed by atoms with van der Waals surface area (Å²) in [4.78, 5) is 41.6. The van der Waals surface area contributed by atoms with Gasteiger partial charge in [-0.2, -0.15) is 0 Å². The maximum atomic E-state index is 13.7. The van der Waals surface area contributed by atoms with E-state index < -0.39 is 11.6 Å². The van der Waals surface area contributed by atoms with Crippen LogP contribution in [0.5, 0.6) is 0 Å². The molecule has 3 aromatic carbocycles. The van der Waals surface area contributed by atoms with Gasteiger partial charge in [-0.25, -0.2) is 23.1 Å². The van der Waals surface area contributed by atoms with Crippen molar-refractivity contribution in [2.24, 2.45) is 5.41 Å². The van der Waals surface area contributed by atoms with Gasteiger partial charge >= 0.3 is 0 Å². The van der Waals surface area contributed by atoms with Gasteiger partial charge in [-0.15, -0.1) is 11.3 Å². The smallest absolute Gasteiger partial charge is 0.259 e. The van der Waals surface area contributed by atoms with Crippen molar-refractivity contribution in [1.29, 1.82) is 0 Å². The highest BCUT2D eigenvalue weighted by atomic mass is 32.1. The number of hydrogen-bond acceptors (Lipinski definition) is 8. The van der Waals surface area contributed by atoms with Crippen LogP contribution in [0.4, 0.5) is 30.4 Å². The van der Waals surface area contributed by atoms with Gasteiger partial charge in [-0.1, -0.05) is 0 Å². The minimum atomic E-state index is -0.915. The summed E-state index contributed by atoms with van der Waals surface area (Å²) >= 11 is 1.55. The van der Waals surface area contributed by atoms with Crippen LogP contribution in [0.25, 0.3) is 32.2 Å². The van der Waals surface area contributed by atoms with Crippen LogP contribution in [0, 0.1) is 22.9 Å². The Balaban J connectivity index is 0.000000151. The average molecular weight is 737 g/mol. The van der Waals surface area contributed by atoms with Crippen LogP contribution >= 0.6 is 11.3 Å². The van der Waals surface area contributed by atoms with Crippen LogP contribution in [0.1, 0.15) is 39.1 Å². The molecule has 1 spiro atoms. The van der Waals surface area contributed by atoms with Crippen molar-refractivity contribution in [3.05, 3.63) is 113 Å². The molecule has 9 nitrogen and oxygen atoms in total. The molecule has 2 fully saturated rings. The number of ether oxygens (including phenoxy) is 1. The number of benzene rings is 3. The van der Waals surface area contributed by atoms with Gasteiger partial charge in [0, 0.05) is 91.0 Å². The van der Waals surface area contributed by atoms with Crippen LogP contribution in [0.3, 0.4) is 0 Å². The molecular formula is C40H35F3N6O3S. The quantitative estimate of drug-likeness (QED) is 0.172. The summed E-state index contributed by atoms with van der Waals surface area (Å²) in [6, 6.07) is 19.5. The van der Waals surface area contributed by atoms with E-state index in [0.717, 1.165) is 103 Å². The minimum Gasteiger partial charge on any atom is -0.381 e. The number of nitrogens with zero attached hydrogens (tertiary/aromatic N) is 4. The first-order valence-electron chi connectivity index (χ1n) is 17.3. The highest BCUT2D eigenvalue weighted by molar-refractivity contribution is 7.19. The molecule has 3 aliphatic rings. The number of aromatic nitrogens is 3. The molecule has 0 radical (unpaired) electrons. The number of carbonyl (C=O) groups is 2. The van der Waals surface area contributed by atoms with Gasteiger partial charge in [0.25, 0.3) is 5.91 Å². The lowest BCUT2D eigenvalue weighted by Crippen LogP contribution is -2.59. The first-order valence-corrected chi connectivity index (χ1v) is 18.1. The molecule has 2 N–H and O–H groups in total. The summed E-state index contributed by atoms with van der Waals surface area (Å²) in [5.41, 5.74) is 5.94. The molecule has 3 aromatic heterocycles. The Hall–Kier alpha value is -5.53. The molecule has 6 heterocycles. The second kappa shape index (κ2) is 14.1. The van der Waals surface area contributed by atoms with E-state index >= 15 is 0 Å².